The summed E-state index contributed by atoms with van der Waals surface area (Å²) in [5.74, 6) is -18.6. The van der Waals surface area contributed by atoms with Crippen LogP contribution < -0.4 is 0 Å². The summed E-state index contributed by atoms with van der Waals surface area (Å²) >= 11 is 0. The Bertz CT molecular complexity index is 274. The summed E-state index contributed by atoms with van der Waals surface area (Å²) in [5.41, 5.74) is 0. The van der Waals surface area contributed by atoms with Crippen LogP contribution in [0, 0.1) is 0 Å². The third kappa shape index (κ3) is 3.47. The highest BCUT2D eigenvalue weighted by Crippen LogP contribution is 2.51. The van der Waals surface area contributed by atoms with Gasteiger partial charge in [-0.15, -0.1) is 0 Å². The molecule has 0 aliphatic rings. The standard InChI is InChI=1S/C10H13F9/c1-2-3-4-5-6(11)8(14,15)10(18,19)9(16,17)7(12)13/h6-7H,2-5H2,1H3. The zero-order chi connectivity index (χ0) is 15.5. The van der Waals surface area contributed by atoms with Crippen LogP contribution in [0.15, 0.2) is 0 Å². The Morgan fingerprint density at radius 2 is 1.26 bits per heavy atom. The van der Waals surface area contributed by atoms with Crippen molar-refractivity contribution >= 4 is 0 Å². The van der Waals surface area contributed by atoms with Gasteiger partial charge in [0.15, 0.2) is 6.17 Å². The highest BCUT2D eigenvalue weighted by Gasteiger charge is 2.77. The zero-order valence-electron chi connectivity index (χ0n) is 9.88. The van der Waals surface area contributed by atoms with Gasteiger partial charge in [-0.3, -0.25) is 0 Å². The van der Waals surface area contributed by atoms with Crippen molar-refractivity contribution in [2.24, 2.45) is 0 Å². The summed E-state index contributed by atoms with van der Waals surface area (Å²) in [6.07, 6.45) is -9.27. The third-order valence-electron chi connectivity index (χ3n) is 2.57. The van der Waals surface area contributed by atoms with Crippen LogP contribution in [-0.4, -0.2) is 30.4 Å². The first kappa shape index (κ1) is 18.4. The molecular weight excluding hydrogens is 291 g/mol. The van der Waals surface area contributed by atoms with Gasteiger partial charge < -0.3 is 0 Å². The fraction of sp³-hybridized carbons (Fsp3) is 1.00. The van der Waals surface area contributed by atoms with Gasteiger partial charge in [0, 0.05) is 0 Å². The Balaban J connectivity index is 5.05. The molecule has 0 N–H and O–H groups in total. The molecular formula is C10H13F9. The van der Waals surface area contributed by atoms with Gasteiger partial charge in [-0.05, 0) is 6.42 Å². The van der Waals surface area contributed by atoms with Gasteiger partial charge in [0.25, 0.3) is 0 Å². The van der Waals surface area contributed by atoms with E-state index in [1.54, 1.807) is 6.92 Å². The van der Waals surface area contributed by atoms with Crippen LogP contribution in [0.25, 0.3) is 0 Å². The van der Waals surface area contributed by atoms with E-state index < -0.39 is 36.8 Å². The molecule has 0 nitrogen and oxygen atoms in total. The van der Waals surface area contributed by atoms with Crippen molar-refractivity contribution in [3.63, 3.8) is 0 Å². The molecule has 0 aliphatic carbocycles. The number of unbranched alkanes of at least 4 members (excludes halogenated alkanes) is 2. The molecule has 116 valence electrons. The quantitative estimate of drug-likeness (QED) is 0.433. The lowest BCUT2D eigenvalue weighted by Crippen LogP contribution is -2.61. The van der Waals surface area contributed by atoms with E-state index in [2.05, 4.69) is 0 Å². The summed E-state index contributed by atoms with van der Waals surface area (Å²) < 4.78 is 113. The maximum atomic E-state index is 13.0. The van der Waals surface area contributed by atoms with E-state index in [9.17, 15) is 39.5 Å². The molecule has 0 saturated heterocycles. The Morgan fingerprint density at radius 3 is 1.63 bits per heavy atom. The van der Waals surface area contributed by atoms with Crippen LogP contribution in [0.4, 0.5) is 39.5 Å². The molecule has 19 heavy (non-hydrogen) atoms. The Labute approximate surface area is 104 Å². The monoisotopic (exact) mass is 304 g/mol. The average Bonchev–Trinajstić information content (AvgIpc) is 2.28. The van der Waals surface area contributed by atoms with Crippen LogP contribution >= 0.6 is 0 Å². The van der Waals surface area contributed by atoms with Crippen LogP contribution in [0.2, 0.25) is 0 Å². The second-order valence-electron chi connectivity index (χ2n) is 4.08. The Hall–Kier alpha value is -0.630. The summed E-state index contributed by atoms with van der Waals surface area (Å²) in [7, 11) is 0. The molecule has 0 bridgehead atoms. The predicted octanol–water partition coefficient (Wildman–Crippen LogP) is 5.08. The highest BCUT2D eigenvalue weighted by atomic mass is 19.4. The van der Waals surface area contributed by atoms with Gasteiger partial charge in [0.1, 0.15) is 0 Å². The van der Waals surface area contributed by atoms with Crippen LogP contribution in [0.1, 0.15) is 32.6 Å². The predicted molar refractivity (Wildman–Crippen MR) is 49.9 cm³/mol. The zero-order valence-corrected chi connectivity index (χ0v) is 9.88. The van der Waals surface area contributed by atoms with Gasteiger partial charge >= 0.3 is 24.2 Å². The Morgan fingerprint density at radius 1 is 0.789 bits per heavy atom. The molecule has 9 heteroatoms. The van der Waals surface area contributed by atoms with E-state index in [1.807, 2.05) is 0 Å². The van der Waals surface area contributed by atoms with Gasteiger partial charge in [-0.2, -0.15) is 26.3 Å². The van der Waals surface area contributed by atoms with Gasteiger partial charge in [0.05, 0.1) is 0 Å². The van der Waals surface area contributed by atoms with E-state index in [-0.39, 0.29) is 12.8 Å². The maximum absolute atomic E-state index is 13.0. The third-order valence-corrected chi connectivity index (χ3v) is 2.57. The molecule has 0 aromatic rings. The SMILES string of the molecule is CCCCCC(F)C(F)(F)C(F)(F)C(F)(F)C(F)F. The number of rotatable bonds is 8. The molecule has 0 fully saturated rings. The van der Waals surface area contributed by atoms with Crippen molar-refractivity contribution in [2.75, 3.05) is 0 Å². The number of hydrogen-bond donors (Lipinski definition) is 0. The van der Waals surface area contributed by atoms with Crippen LogP contribution in [0.3, 0.4) is 0 Å². The summed E-state index contributed by atoms with van der Waals surface area (Å²) in [6, 6.07) is 0. The second kappa shape index (κ2) is 6.21. The Kier molecular flexibility index (Phi) is 6.01. The fourth-order valence-electron chi connectivity index (χ4n) is 1.31. The van der Waals surface area contributed by atoms with Crippen LogP contribution in [-0.2, 0) is 0 Å². The first-order valence-corrected chi connectivity index (χ1v) is 5.48. The van der Waals surface area contributed by atoms with Gasteiger partial charge in [0.2, 0.25) is 0 Å². The molecule has 1 unspecified atom stereocenters. The largest absolute Gasteiger partial charge is 0.380 e. The minimum atomic E-state index is -6.46. The summed E-state index contributed by atoms with van der Waals surface area (Å²) in [5, 5.41) is 0. The molecule has 1 atom stereocenters. The lowest BCUT2D eigenvalue weighted by Gasteiger charge is -2.33. The highest BCUT2D eigenvalue weighted by molar-refractivity contribution is 5.01. The molecule has 0 rings (SSSR count). The molecule has 0 spiro atoms. The molecule has 0 aromatic carbocycles. The number of alkyl halides is 9. The molecule has 0 radical (unpaired) electrons. The van der Waals surface area contributed by atoms with E-state index >= 15 is 0 Å². The smallest absolute Gasteiger partial charge is 0.241 e. The number of halogens is 9. The molecule has 0 heterocycles. The van der Waals surface area contributed by atoms with Crippen molar-refractivity contribution < 1.29 is 39.5 Å². The minimum absolute atomic E-state index is 0.229. The minimum Gasteiger partial charge on any atom is -0.241 e. The van der Waals surface area contributed by atoms with E-state index in [4.69, 9.17) is 0 Å². The second-order valence-corrected chi connectivity index (χ2v) is 4.08. The lowest BCUT2D eigenvalue weighted by atomic mass is 9.97. The van der Waals surface area contributed by atoms with Gasteiger partial charge in [-0.25, -0.2) is 13.2 Å². The topological polar surface area (TPSA) is 0 Å². The number of hydrogen-bond acceptors (Lipinski definition) is 0. The van der Waals surface area contributed by atoms with Crippen molar-refractivity contribution in [3.8, 4) is 0 Å². The van der Waals surface area contributed by atoms with Crippen molar-refractivity contribution in [1.29, 1.82) is 0 Å². The molecule has 0 aliphatic heterocycles. The maximum Gasteiger partial charge on any atom is 0.380 e. The normalized spacial score (nSPS) is 15.9. The van der Waals surface area contributed by atoms with Gasteiger partial charge in [-0.1, -0.05) is 26.2 Å². The first-order chi connectivity index (χ1) is 8.42. The van der Waals surface area contributed by atoms with Crippen molar-refractivity contribution in [1.82, 2.24) is 0 Å². The lowest BCUT2D eigenvalue weighted by molar-refractivity contribution is -0.350. The molecule has 0 amide bonds. The fourth-order valence-corrected chi connectivity index (χ4v) is 1.31. The average molecular weight is 304 g/mol. The van der Waals surface area contributed by atoms with Crippen molar-refractivity contribution in [2.45, 2.75) is 63.0 Å². The molecule has 0 aromatic heterocycles. The molecule has 0 saturated carbocycles. The van der Waals surface area contributed by atoms with Crippen LogP contribution in [0.5, 0.6) is 0 Å². The van der Waals surface area contributed by atoms with Crippen molar-refractivity contribution in [3.05, 3.63) is 0 Å². The van der Waals surface area contributed by atoms with E-state index in [0.29, 0.717) is 6.42 Å². The van der Waals surface area contributed by atoms with E-state index in [1.165, 1.54) is 0 Å². The summed E-state index contributed by atoms with van der Waals surface area (Å²) in [4.78, 5) is 0. The first-order valence-electron chi connectivity index (χ1n) is 5.48. The summed E-state index contributed by atoms with van der Waals surface area (Å²) in [6.45, 7) is 1.62. The van der Waals surface area contributed by atoms with E-state index in [0.717, 1.165) is 0 Å².